The molecule has 0 bridgehead atoms. The topological polar surface area (TPSA) is 27.7 Å². The third-order valence-electron chi connectivity index (χ3n) is 4.58. The Kier molecular flexibility index (Phi) is 5.01. The van der Waals surface area contributed by atoms with Crippen LogP contribution in [0.3, 0.4) is 0 Å². The van der Waals surface area contributed by atoms with E-state index in [1.165, 1.54) is 38.9 Å². The van der Waals surface area contributed by atoms with Gasteiger partial charge in [0, 0.05) is 31.2 Å². The number of likely N-dealkylation sites (tertiary alicyclic amines) is 1. The highest BCUT2D eigenvalue weighted by atomic mass is 16.5. The normalized spacial score (nSPS) is 31.3. The number of nitrogens with zero attached hydrogens (tertiary/aromatic N) is 2. The predicted octanol–water partition coefficient (Wildman–Crippen LogP) is 0.639. The van der Waals surface area contributed by atoms with Gasteiger partial charge in [0.25, 0.3) is 0 Å². The maximum absolute atomic E-state index is 5.64. The molecule has 2 fully saturated rings. The first-order chi connectivity index (χ1) is 8.65. The van der Waals surface area contributed by atoms with Crippen molar-refractivity contribution in [1.82, 2.24) is 15.1 Å². The van der Waals surface area contributed by atoms with Crippen LogP contribution in [-0.2, 0) is 4.74 Å². The zero-order chi connectivity index (χ0) is 13.0. The van der Waals surface area contributed by atoms with Gasteiger partial charge in [-0.3, -0.25) is 0 Å². The second kappa shape index (κ2) is 6.33. The molecule has 106 valence electrons. The largest absolute Gasteiger partial charge is 0.381 e. The van der Waals surface area contributed by atoms with Gasteiger partial charge < -0.3 is 19.9 Å². The van der Waals surface area contributed by atoms with Gasteiger partial charge in [-0.15, -0.1) is 0 Å². The van der Waals surface area contributed by atoms with Crippen molar-refractivity contribution in [2.24, 2.45) is 5.41 Å². The summed E-state index contributed by atoms with van der Waals surface area (Å²) in [7, 11) is 6.46. The molecule has 0 spiro atoms. The number of ether oxygens (including phenoxy) is 1. The van der Waals surface area contributed by atoms with Gasteiger partial charge in [0.2, 0.25) is 0 Å². The molecule has 18 heavy (non-hydrogen) atoms. The molecule has 1 unspecified atom stereocenters. The maximum atomic E-state index is 5.64. The Hall–Kier alpha value is -0.160. The van der Waals surface area contributed by atoms with Gasteiger partial charge in [-0.1, -0.05) is 0 Å². The third kappa shape index (κ3) is 3.44. The van der Waals surface area contributed by atoms with E-state index in [1.54, 1.807) is 0 Å². The molecule has 0 amide bonds. The van der Waals surface area contributed by atoms with E-state index in [0.29, 0.717) is 5.41 Å². The standard InChI is InChI=1S/C14H29N3O/c1-15-10-14(6-9-18-12-14)11-17-7-4-13(5-8-17)16(2)3/h13,15H,4-12H2,1-3H3. The van der Waals surface area contributed by atoms with Gasteiger partial charge >= 0.3 is 0 Å². The average Bonchev–Trinajstić information content (AvgIpc) is 2.79. The first-order valence-electron chi connectivity index (χ1n) is 7.26. The highest BCUT2D eigenvalue weighted by Crippen LogP contribution is 2.30. The number of nitrogens with one attached hydrogen (secondary N) is 1. The molecule has 1 N–H and O–H groups in total. The fourth-order valence-corrected chi connectivity index (χ4v) is 3.41. The number of hydrogen-bond donors (Lipinski definition) is 1. The van der Waals surface area contributed by atoms with E-state index < -0.39 is 0 Å². The Labute approximate surface area is 112 Å². The Morgan fingerprint density at radius 3 is 2.56 bits per heavy atom. The molecule has 0 aromatic carbocycles. The smallest absolute Gasteiger partial charge is 0.0547 e. The zero-order valence-corrected chi connectivity index (χ0v) is 12.2. The van der Waals surface area contributed by atoms with Crippen LogP contribution in [0.2, 0.25) is 0 Å². The van der Waals surface area contributed by atoms with Crippen molar-refractivity contribution in [2.45, 2.75) is 25.3 Å². The highest BCUT2D eigenvalue weighted by Gasteiger charge is 2.36. The Morgan fingerprint density at radius 2 is 2.06 bits per heavy atom. The van der Waals surface area contributed by atoms with Crippen LogP contribution in [0.5, 0.6) is 0 Å². The second-order valence-electron chi connectivity index (χ2n) is 6.30. The lowest BCUT2D eigenvalue weighted by atomic mass is 9.85. The van der Waals surface area contributed by atoms with Gasteiger partial charge in [0.15, 0.2) is 0 Å². The summed E-state index contributed by atoms with van der Waals surface area (Å²) in [6.45, 7) is 6.65. The lowest BCUT2D eigenvalue weighted by Crippen LogP contribution is -2.49. The second-order valence-corrected chi connectivity index (χ2v) is 6.30. The van der Waals surface area contributed by atoms with Crippen molar-refractivity contribution in [3.8, 4) is 0 Å². The van der Waals surface area contributed by atoms with Gasteiger partial charge in [0.1, 0.15) is 0 Å². The molecule has 0 saturated carbocycles. The van der Waals surface area contributed by atoms with Crippen molar-refractivity contribution in [2.75, 3.05) is 60.5 Å². The fraction of sp³-hybridized carbons (Fsp3) is 1.00. The summed E-state index contributed by atoms with van der Waals surface area (Å²) >= 11 is 0. The van der Waals surface area contributed by atoms with Crippen LogP contribution in [0, 0.1) is 5.41 Å². The van der Waals surface area contributed by atoms with Crippen molar-refractivity contribution in [3.05, 3.63) is 0 Å². The van der Waals surface area contributed by atoms with Gasteiger partial charge in [-0.25, -0.2) is 0 Å². The van der Waals surface area contributed by atoms with E-state index in [0.717, 1.165) is 25.8 Å². The van der Waals surface area contributed by atoms with Crippen LogP contribution in [0.15, 0.2) is 0 Å². The fourth-order valence-electron chi connectivity index (χ4n) is 3.41. The molecule has 1 atom stereocenters. The maximum Gasteiger partial charge on any atom is 0.0547 e. The molecule has 0 aromatic rings. The summed E-state index contributed by atoms with van der Waals surface area (Å²) in [5, 5.41) is 3.35. The van der Waals surface area contributed by atoms with Gasteiger partial charge in [-0.2, -0.15) is 0 Å². The third-order valence-corrected chi connectivity index (χ3v) is 4.58. The van der Waals surface area contributed by atoms with E-state index in [9.17, 15) is 0 Å². The molecule has 2 saturated heterocycles. The van der Waals surface area contributed by atoms with Gasteiger partial charge in [-0.05, 0) is 53.5 Å². The summed E-state index contributed by atoms with van der Waals surface area (Å²) in [4.78, 5) is 5.02. The molecule has 0 aliphatic carbocycles. The van der Waals surface area contributed by atoms with E-state index in [4.69, 9.17) is 4.74 Å². The minimum Gasteiger partial charge on any atom is -0.381 e. The molecule has 2 heterocycles. The van der Waals surface area contributed by atoms with Crippen LogP contribution in [0.1, 0.15) is 19.3 Å². The molecule has 4 heteroatoms. The Balaban J connectivity index is 1.82. The van der Waals surface area contributed by atoms with E-state index in [2.05, 4.69) is 36.3 Å². The molecular formula is C14H29N3O. The molecule has 4 nitrogen and oxygen atoms in total. The summed E-state index contributed by atoms with van der Waals surface area (Å²) in [5.41, 5.74) is 0.361. The van der Waals surface area contributed by atoms with Crippen molar-refractivity contribution < 1.29 is 4.74 Å². The minimum absolute atomic E-state index is 0.361. The summed E-state index contributed by atoms with van der Waals surface area (Å²) in [6, 6.07) is 0.779. The lowest BCUT2D eigenvalue weighted by molar-refractivity contribution is 0.0793. The van der Waals surface area contributed by atoms with Gasteiger partial charge in [0.05, 0.1) is 6.61 Å². The van der Waals surface area contributed by atoms with Crippen molar-refractivity contribution >= 4 is 0 Å². The van der Waals surface area contributed by atoms with E-state index in [1.807, 2.05) is 0 Å². The van der Waals surface area contributed by atoms with Crippen LogP contribution in [0.4, 0.5) is 0 Å². The van der Waals surface area contributed by atoms with E-state index >= 15 is 0 Å². The highest BCUT2D eigenvalue weighted by molar-refractivity contribution is 4.90. The predicted molar refractivity (Wildman–Crippen MR) is 74.9 cm³/mol. The first-order valence-corrected chi connectivity index (χ1v) is 7.26. The number of piperidine rings is 1. The quantitative estimate of drug-likeness (QED) is 0.780. The number of rotatable bonds is 5. The molecular weight excluding hydrogens is 226 g/mol. The monoisotopic (exact) mass is 255 g/mol. The van der Waals surface area contributed by atoms with Crippen LogP contribution < -0.4 is 5.32 Å². The summed E-state index contributed by atoms with van der Waals surface area (Å²) in [5.74, 6) is 0. The molecule has 0 radical (unpaired) electrons. The Bertz CT molecular complexity index is 243. The molecule has 2 aliphatic rings. The van der Waals surface area contributed by atoms with E-state index in [-0.39, 0.29) is 0 Å². The zero-order valence-electron chi connectivity index (χ0n) is 12.2. The Morgan fingerprint density at radius 1 is 1.33 bits per heavy atom. The van der Waals surface area contributed by atoms with Crippen molar-refractivity contribution in [3.63, 3.8) is 0 Å². The number of hydrogen-bond acceptors (Lipinski definition) is 4. The molecule has 2 rings (SSSR count). The average molecular weight is 255 g/mol. The minimum atomic E-state index is 0.361. The van der Waals surface area contributed by atoms with Crippen molar-refractivity contribution in [1.29, 1.82) is 0 Å². The summed E-state index contributed by atoms with van der Waals surface area (Å²) in [6.07, 6.45) is 3.83. The van der Waals surface area contributed by atoms with Crippen LogP contribution in [-0.4, -0.2) is 76.4 Å². The molecule has 2 aliphatic heterocycles. The lowest BCUT2D eigenvalue weighted by Gasteiger charge is -2.39. The molecule has 0 aromatic heterocycles. The summed E-state index contributed by atoms with van der Waals surface area (Å²) < 4.78 is 5.64. The SMILES string of the molecule is CNCC1(CN2CCC(N(C)C)CC2)CCOC1. The van der Waals surface area contributed by atoms with Crippen LogP contribution in [0.25, 0.3) is 0 Å². The van der Waals surface area contributed by atoms with Crippen LogP contribution >= 0.6 is 0 Å². The first kappa shape index (κ1) is 14.3.